The SMILES string of the molecule is CC(=O)C(C)O.CCCCCC1C(=O)CCC1CC(=O)OC. The van der Waals surface area contributed by atoms with E-state index in [1.165, 1.54) is 33.8 Å². The Morgan fingerprint density at radius 1 is 1.36 bits per heavy atom. The Balaban J connectivity index is 0.000000626. The summed E-state index contributed by atoms with van der Waals surface area (Å²) in [6.45, 7) is 4.95. The van der Waals surface area contributed by atoms with Crippen LogP contribution in [0.25, 0.3) is 0 Å². The summed E-state index contributed by atoms with van der Waals surface area (Å²) in [6, 6.07) is 0. The number of rotatable bonds is 7. The fourth-order valence-corrected chi connectivity index (χ4v) is 2.53. The van der Waals surface area contributed by atoms with E-state index in [0.717, 1.165) is 19.3 Å². The first-order chi connectivity index (χ1) is 10.3. The molecule has 3 atom stereocenters. The van der Waals surface area contributed by atoms with Crippen molar-refractivity contribution in [3.63, 3.8) is 0 Å². The van der Waals surface area contributed by atoms with Gasteiger partial charge in [-0.2, -0.15) is 0 Å². The Labute approximate surface area is 133 Å². The molecule has 0 aromatic rings. The molecule has 1 aliphatic rings. The lowest BCUT2D eigenvalue weighted by molar-refractivity contribution is -0.142. The van der Waals surface area contributed by atoms with Crippen LogP contribution in [0.15, 0.2) is 0 Å². The van der Waals surface area contributed by atoms with Gasteiger partial charge in [0.15, 0.2) is 5.78 Å². The number of Topliss-reactive ketones (excluding diaryl/α,β-unsaturated/α-hetero) is 2. The number of carbonyl (C=O) groups excluding carboxylic acids is 3. The Kier molecular flexibility index (Phi) is 10.7. The number of carbonyl (C=O) groups is 3. The average Bonchev–Trinajstić information content (AvgIpc) is 2.80. The third-order valence-corrected chi connectivity index (χ3v) is 4.11. The van der Waals surface area contributed by atoms with E-state index >= 15 is 0 Å². The molecule has 0 aromatic carbocycles. The van der Waals surface area contributed by atoms with Gasteiger partial charge < -0.3 is 9.84 Å². The van der Waals surface area contributed by atoms with E-state index in [9.17, 15) is 14.4 Å². The molecule has 1 rings (SSSR count). The summed E-state index contributed by atoms with van der Waals surface area (Å²) < 4.78 is 4.67. The van der Waals surface area contributed by atoms with Crippen molar-refractivity contribution in [2.45, 2.75) is 71.8 Å². The predicted octanol–water partition coefficient (Wildman–Crippen LogP) is 2.68. The highest BCUT2D eigenvalue weighted by Gasteiger charge is 2.35. The minimum atomic E-state index is -0.787. The molecule has 1 fully saturated rings. The lowest BCUT2D eigenvalue weighted by Crippen LogP contribution is -2.18. The van der Waals surface area contributed by atoms with Gasteiger partial charge in [-0.1, -0.05) is 26.2 Å². The average molecular weight is 314 g/mol. The zero-order valence-corrected chi connectivity index (χ0v) is 14.3. The van der Waals surface area contributed by atoms with Crippen molar-refractivity contribution in [1.29, 1.82) is 0 Å². The van der Waals surface area contributed by atoms with Gasteiger partial charge in [-0.15, -0.1) is 0 Å². The van der Waals surface area contributed by atoms with Crippen molar-refractivity contribution in [2.75, 3.05) is 7.11 Å². The normalized spacial score (nSPS) is 21.8. The van der Waals surface area contributed by atoms with Gasteiger partial charge >= 0.3 is 5.97 Å². The second kappa shape index (κ2) is 11.4. The molecule has 5 heteroatoms. The molecule has 0 radical (unpaired) electrons. The smallest absolute Gasteiger partial charge is 0.305 e. The standard InChI is InChI=1S/C13H22O3.C4H8O2/c1-3-4-5-6-11-10(7-8-12(11)14)9-13(15)16-2;1-3(5)4(2)6/h10-11H,3-9H2,1-2H3;3,5H,1-2H3. The van der Waals surface area contributed by atoms with Gasteiger partial charge in [-0.05, 0) is 32.6 Å². The van der Waals surface area contributed by atoms with E-state index < -0.39 is 6.10 Å². The largest absolute Gasteiger partial charge is 0.469 e. The number of ether oxygens (including phenoxy) is 1. The molecule has 0 aromatic heterocycles. The van der Waals surface area contributed by atoms with E-state index in [2.05, 4.69) is 11.7 Å². The zero-order valence-electron chi connectivity index (χ0n) is 14.3. The minimum absolute atomic E-state index is 0.116. The first-order valence-electron chi connectivity index (χ1n) is 8.11. The summed E-state index contributed by atoms with van der Waals surface area (Å²) in [6.07, 6.45) is 5.54. The number of aliphatic hydroxyl groups is 1. The number of hydrogen-bond donors (Lipinski definition) is 1. The molecule has 1 saturated carbocycles. The predicted molar refractivity (Wildman–Crippen MR) is 84.4 cm³/mol. The summed E-state index contributed by atoms with van der Waals surface area (Å²) in [5.74, 6) is 0.336. The second-order valence-corrected chi connectivity index (χ2v) is 5.93. The molecule has 0 heterocycles. The molecule has 128 valence electrons. The molecule has 5 nitrogen and oxygen atoms in total. The number of hydrogen-bond acceptors (Lipinski definition) is 5. The van der Waals surface area contributed by atoms with Crippen LogP contribution in [0, 0.1) is 11.8 Å². The van der Waals surface area contributed by atoms with Crippen molar-refractivity contribution in [2.24, 2.45) is 11.8 Å². The van der Waals surface area contributed by atoms with Crippen molar-refractivity contribution < 1.29 is 24.2 Å². The Morgan fingerprint density at radius 2 is 1.95 bits per heavy atom. The quantitative estimate of drug-likeness (QED) is 0.577. The van der Waals surface area contributed by atoms with Gasteiger partial charge in [0.05, 0.1) is 7.11 Å². The topological polar surface area (TPSA) is 80.7 Å². The monoisotopic (exact) mass is 314 g/mol. The molecule has 3 unspecified atom stereocenters. The number of esters is 1. The fraction of sp³-hybridized carbons (Fsp3) is 0.824. The van der Waals surface area contributed by atoms with Crippen LogP contribution >= 0.6 is 0 Å². The molecule has 0 amide bonds. The van der Waals surface area contributed by atoms with Crippen molar-refractivity contribution in [3.8, 4) is 0 Å². The van der Waals surface area contributed by atoms with Crippen LogP contribution in [0.2, 0.25) is 0 Å². The minimum Gasteiger partial charge on any atom is -0.469 e. The first-order valence-corrected chi connectivity index (χ1v) is 8.11. The maximum absolute atomic E-state index is 11.7. The van der Waals surface area contributed by atoms with Gasteiger partial charge in [-0.3, -0.25) is 14.4 Å². The second-order valence-electron chi connectivity index (χ2n) is 5.93. The molecular formula is C17H30O5. The van der Waals surface area contributed by atoms with Crippen LogP contribution < -0.4 is 0 Å². The van der Waals surface area contributed by atoms with Crippen LogP contribution in [0.1, 0.15) is 65.7 Å². The molecular weight excluding hydrogens is 284 g/mol. The van der Waals surface area contributed by atoms with Crippen molar-refractivity contribution >= 4 is 17.5 Å². The van der Waals surface area contributed by atoms with Crippen molar-refractivity contribution in [3.05, 3.63) is 0 Å². The summed E-state index contributed by atoms with van der Waals surface area (Å²) in [4.78, 5) is 32.8. The van der Waals surface area contributed by atoms with Gasteiger partial charge in [0, 0.05) is 18.8 Å². The molecule has 1 N–H and O–H groups in total. The fourth-order valence-electron chi connectivity index (χ4n) is 2.53. The van der Waals surface area contributed by atoms with Gasteiger partial charge in [-0.25, -0.2) is 0 Å². The van der Waals surface area contributed by atoms with Crippen LogP contribution in [-0.4, -0.2) is 35.9 Å². The van der Waals surface area contributed by atoms with E-state index in [0.29, 0.717) is 18.6 Å². The third kappa shape index (κ3) is 8.27. The number of ketones is 2. The molecule has 0 saturated heterocycles. The number of methoxy groups -OCH3 is 1. The van der Waals surface area contributed by atoms with Crippen molar-refractivity contribution in [1.82, 2.24) is 0 Å². The van der Waals surface area contributed by atoms with E-state index in [1.807, 2.05) is 0 Å². The lowest BCUT2D eigenvalue weighted by atomic mass is 9.88. The van der Waals surface area contributed by atoms with Crippen LogP contribution in [0.3, 0.4) is 0 Å². The molecule has 0 bridgehead atoms. The summed E-state index contributed by atoms with van der Waals surface area (Å²) >= 11 is 0. The summed E-state index contributed by atoms with van der Waals surface area (Å²) in [7, 11) is 1.41. The Hall–Kier alpha value is -1.23. The molecule has 0 aliphatic heterocycles. The zero-order chi connectivity index (χ0) is 17.1. The van der Waals surface area contributed by atoms with Crippen LogP contribution in [-0.2, 0) is 19.1 Å². The summed E-state index contributed by atoms with van der Waals surface area (Å²) in [5.41, 5.74) is 0. The number of unbranched alkanes of at least 4 members (excludes halogenated alkanes) is 2. The maximum atomic E-state index is 11.7. The van der Waals surface area contributed by atoms with Gasteiger partial charge in [0.1, 0.15) is 11.9 Å². The molecule has 22 heavy (non-hydrogen) atoms. The third-order valence-electron chi connectivity index (χ3n) is 4.11. The molecule has 1 aliphatic carbocycles. The highest BCUT2D eigenvalue weighted by Crippen LogP contribution is 2.35. The van der Waals surface area contributed by atoms with Gasteiger partial charge in [0.25, 0.3) is 0 Å². The number of aliphatic hydroxyl groups excluding tert-OH is 1. The highest BCUT2D eigenvalue weighted by molar-refractivity contribution is 5.84. The van der Waals surface area contributed by atoms with E-state index in [-0.39, 0.29) is 23.6 Å². The summed E-state index contributed by atoms with van der Waals surface area (Å²) in [5, 5.41) is 8.28. The maximum Gasteiger partial charge on any atom is 0.305 e. The van der Waals surface area contributed by atoms with E-state index in [1.54, 1.807) is 0 Å². The van der Waals surface area contributed by atoms with Crippen LogP contribution in [0.5, 0.6) is 0 Å². The highest BCUT2D eigenvalue weighted by atomic mass is 16.5. The molecule has 0 spiro atoms. The Bertz CT molecular complexity index is 362. The van der Waals surface area contributed by atoms with E-state index in [4.69, 9.17) is 5.11 Å². The first kappa shape index (κ1) is 20.8. The lowest BCUT2D eigenvalue weighted by Gasteiger charge is -2.16. The van der Waals surface area contributed by atoms with Crippen LogP contribution in [0.4, 0.5) is 0 Å². The Morgan fingerprint density at radius 3 is 2.41 bits per heavy atom. The van der Waals surface area contributed by atoms with Gasteiger partial charge in [0.2, 0.25) is 0 Å².